The van der Waals surface area contributed by atoms with Gasteiger partial charge in [-0.3, -0.25) is 0 Å². The fraction of sp³-hybridized carbons (Fsp3) is 0.312. The minimum atomic E-state index is 0.143. The number of nitrogens with one attached hydrogen (secondary N) is 1. The Morgan fingerprint density at radius 1 is 1.29 bits per heavy atom. The molecule has 0 bridgehead atoms. The van der Waals surface area contributed by atoms with Crippen LogP contribution in [-0.2, 0) is 13.6 Å². The largest absolute Gasteiger partial charge is 0.340 e. The van der Waals surface area contributed by atoms with Gasteiger partial charge in [-0.25, -0.2) is 0 Å². The van der Waals surface area contributed by atoms with Crippen LogP contribution in [0.15, 0.2) is 24.3 Å². The molecule has 1 aromatic heterocycles. The van der Waals surface area contributed by atoms with Gasteiger partial charge in [-0.1, -0.05) is 29.3 Å². The topological polar surface area (TPSA) is 40.8 Å². The number of hydrogen-bond donors (Lipinski definition) is 1. The first-order chi connectivity index (χ1) is 9.93. The van der Waals surface area contributed by atoms with Crippen LogP contribution in [0.4, 0.5) is 0 Å². The van der Waals surface area contributed by atoms with Crippen molar-refractivity contribution in [3.05, 3.63) is 56.8 Å². The molecule has 0 spiro atoms. The minimum absolute atomic E-state index is 0.143. The zero-order chi connectivity index (χ0) is 15.6. The molecule has 2 aromatic rings. The van der Waals surface area contributed by atoms with Crippen molar-refractivity contribution in [2.75, 3.05) is 0 Å². The Bertz CT molecular complexity index is 698. The van der Waals surface area contributed by atoms with Gasteiger partial charge < -0.3 is 9.88 Å². The summed E-state index contributed by atoms with van der Waals surface area (Å²) in [5.41, 5.74) is 3.98. The van der Waals surface area contributed by atoms with Crippen molar-refractivity contribution in [3.8, 4) is 6.07 Å². The summed E-state index contributed by atoms with van der Waals surface area (Å²) < 4.78 is 1.90. The normalized spacial score (nSPS) is 12.2. The highest BCUT2D eigenvalue weighted by molar-refractivity contribution is 6.42. The minimum Gasteiger partial charge on any atom is -0.340 e. The third-order valence-corrected chi connectivity index (χ3v) is 4.54. The molecule has 1 aromatic carbocycles. The molecular weight excluding hydrogens is 305 g/mol. The summed E-state index contributed by atoms with van der Waals surface area (Å²) in [6, 6.07) is 9.90. The van der Waals surface area contributed by atoms with Crippen LogP contribution in [0.1, 0.15) is 35.5 Å². The lowest BCUT2D eigenvalue weighted by atomic mass is 10.1. The van der Waals surface area contributed by atoms with E-state index in [2.05, 4.69) is 18.3 Å². The highest BCUT2D eigenvalue weighted by Crippen LogP contribution is 2.25. The van der Waals surface area contributed by atoms with Gasteiger partial charge in [0.2, 0.25) is 0 Å². The second-order valence-corrected chi connectivity index (χ2v) is 5.90. The molecule has 1 unspecified atom stereocenters. The van der Waals surface area contributed by atoms with Gasteiger partial charge in [-0.2, -0.15) is 5.26 Å². The van der Waals surface area contributed by atoms with Gasteiger partial charge in [0.05, 0.1) is 10.0 Å². The van der Waals surface area contributed by atoms with Crippen molar-refractivity contribution in [2.24, 2.45) is 7.05 Å². The van der Waals surface area contributed by atoms with E-state index >= 15 is 0 Å². The van der Waals surface area contributed by atoms with Crippen LogP contribution in [0.2, 0.25) is 10.0 Å². The van der Waals surface area contributed by atoms with E-state index in [9.17, 15) is 0 Å². The van der Waals surface area contributed by atoms with E-state index in [-0.39, 0.29) is 6.04 Å². The van der Waals surface area contributed by atoms with E-state index in [1.807, 2.05) is 36.7 Å². The average molecular weight is 322 g/mol. The van der Waals surface area contributed by atoms with Crippen LogP contribution in [0.25, 0.3) is 0 Å². The molecule has 0 aliphatic heterocycles. The molecule has 1 heterocycles. The second kappa shape index (κ2) is 6.53. The highest BCUT2D eigenvalue weighted by Gasteiger charge is 2.11. The molecule has 0 saturated carbocycles. The van der Waals surface area contributed by atoms with E-state index in [1.54, 1.807) is 6.07 Å². The summed E-state index contributed by atoms with van der Waals surface area (Å²) in [7, 11) is 1.90. The smallest absolute Gasteiger partial charge is 0.120 e. The van der Waals surface area contributed by atoms with Crippen molar-refractivity contribution in [1.29, 1.82) is 5.26 Å². The summed E-state index contributed by atoms with van der Waals surface area (Å²) in [5.74, 6) is 0. The van der Waals surface area contributed by atoms with Crippen LogP contribution in [-0.4, -0.2) is 4.57 Å². The molecule has 0 amide bonds. The van der Waals surface area contributed by atoms with Gasteiger partial charge in [0.15, 0.2) is 0 Å². The van der Waals surface area contributed by atoms with Gasteiger partial charge in [-0.05, 0) is 43.2 Å². The monoisotopic (exact) mass is 321 g/mol. The molecular formula is C16H17Cl2N3. The lowest BCUT2D eigenvalue weighted by molar-refractivity contribution is 0.572. The summed E-state index contributed by atoms with van der Waals surface area (Å²) in [5, 5.41) is 13.6. The predicted molar refractivity (Wildman–Crippen MR) is 86.6 cm³/mol. The Labute approximate surface area is 135 Å². The molecule has 1 N–H and O–H groups in total. The van der Waals surface area contributed by atoms with Crippen molar-refractivity contribution in [3.63, 3.8) is 0 Å². The molecule has 110 valence electrons. The Kier molecular flexibility index (Phi) is 4.95. The van der Waals surface area contributed by atoms with Crippen molar-refractivity contribution in [1.82, 2.24) is 9.88 Å². The summed E-state index contributed by atoms with van der Waals surface area (Å²) in [6.07, 6.45) is 0. The number of rotatable bonds is 4. The number of nitriles is 1. The molecule has 21 heavy (non-hydrogen) atoms. The van der Waals surface area contributed by atoms with Crippen LogP contribution in [0.3, 0.4) is 0 Å². The molecule has 2 rings (SSSR count). The van der Waals surface area contributed by atoms with Crippen molar-refractivity contribution in [2.45, 2.75) is 26.4 Å². The van der Waals surface area contributed by atoms with E-state index in [0.29, 0.717) is 22.3 Å². The van der Waals surface area contributed by atoms with Crippen LogP contribution in [0.5, 0.6) is 0 Å². The number of nitrogens with zero attached hydrogens (tertiary/aromatic N) is 2. The Morgan fingerprint density at radius 2 is 2.00 bits per heavy atom. The molecule has 5 heteroatoms. The van der Waals surface area contributed by atoms with Crippen molar-refractivity contribution >= 4 is 23.2 Å². The fourth-order valence-corrected chi connectivity index (χ4v) is 2.52. The second-order valence-electron chi connectivity index (χ2n) is 5.09. The number of aromatic nitrogens is 1. The third-order valence-electron chi connectivity index (χ3n) is 3.80. The predicted octanol–water partition coefficient (Wildman–Crippen LogP) is 4.36. The lowest BCUT2D eigenvalue weighted by Crippen LogP contribution is -2.18. The Hall–Kier alpha value is -1.47. The van der Waals surface area contributed by atoms with Crippen molar-refractivity contribution < 1.29 is 0 Å². The average Bonchev–Trinajstić information content (AvgIpc) is 2.75. The standard InChI is InChI=1S/C16H17Cl2N3/c1-10(12-4-5-15(17)16(18)7-12)20-9-13-6-14(8-19)21(3)11(13)2/h4-7,10,20H,9H2,1-3H3. The summed E-state index contributed by atoms with van der Waals surface area (Å²) in [4.78, 5) is 0. The fourth-order valence-electron chi connectivity index (χ4n) is 2.21. The molecule has 1 atom stereocenters. The maximum absolute atomic E-state index is 9.05. The summed E-state index contributed by atoms with van der Waals surface area (Å²) >= 11 is 12.0. The van der Waals surface area contributed by atoms with Gasteiger partial charge in [0.1, 0.15) is 11.8 Å². The van der Waals surface area contributed by atoms with Gasteiger partial charge in [0, 0.05) is 25.3 Å². The number of benzene rings is 1. The van der Waals surface area contributed by atoms with Gasteiger partial charge in [-0.15, -0.1) is 0 Å². The third kappa shape index (κ3) is 3.41. The van der Waals surface area contributed by atoms with E-state index in [4.69, 9.17) is 28.5 Å². The quantitative estimate of drug-likeness (QED) is 0.908. The Balaban J connectivity index is 2.09. The van der Waals surface area contributed by atoms with E-state index in [1.165, 1.54) is 0 Å². The Morgan fingerprint density at radius 3 is 2.57 bits per heavy atom. The molecule has 0 aliphatic rings. The molecule has 0 saturated heterocycles. The molecule has 0 aliphatic carbocycles. The maximum atomic E-state index is 9.05. The number of halogens is 2. The number of hydrogen-bond acceptors (Lipinski definition) is 2. The first kappa shape index (κ1) is 15.9. The lowest BCUT2D eigenvalue weighted by Gasteiger charge is -2.15. The maximum Gasteiger partial charge on any atom is 0.120 e. The van der Waals surface area contributed by atoms with E-state index < -0.39 is 0 Å². The van der Waals surface area contributed by atoms with E-state index in [0.717, 1.165) is 16.8 Å². The summed E-state index contributed by atoms with van der Waals surface area (Å²) in [6.45, 7) is 4.79. The zero-order valence-electron chi connectivity index (χ0n) is 12.2. The van der Waals surface area contributed by atoms with Gasteiger partial charge in [0.25, 0.3) is 0 Å². The molecule has 0 radical (unpaired) electrons. The first-order valence-corrected chi connectivity index (χ1v) is 7.43. The SMILES string of the molecule is Cc1c(CNC(C)c2ccc(Cl)c(Cl)c2)cc(C#N)n1C. The highest BCUT2D eigenvalue weighted by atomic mass is 35.5. The first-order valence-electron chi connectivity index (χ1n) is 6.67. The van der Waals surface area contributed by atoms with Gasteiger partial charge >= 0.3 is 0 Å². The zero-order valence-corrected chi connectivity index (χ0v) is 13.8. The molecule has 3 nitrogen and oxygen atoms in total. The van der Waals surface area contributed by atoms with Crippen LogP contribution >= 0.6 is 23.2 Å². The van der Waals surface area contributed by atoms with Crippen LogP contribution in [0, 0.1) is 18.3 Å². The van der Waals surface area contributed by atoms with Crippen LogP contribution < -0.4 is 5.32 Å². The molecule has 0 fully saturated rings.